The first kappa shape index (κ1) is 17.2. The van der Waals surface area contributed by atoms with Crippen molar-refractivity contribution in [3.63, 3.8) is 0 Å². The zero-order valence-corrected chi connectivity index (χ0v) is 14.3. The second-order valence-corrected chi connectivity index (χ2v) is 5.47. The first-order valence-corrected chi connectivity index (χ1v) is 8.22. The SMILES string of the molecule is CCOC(=O)/C(C#N)=C1/C=C(c2ccccc2)N=C(c2ccccc2)N1. The van der Waals surface area contributed by atoms with E-state index in [1.165, 1.54) is 0 Å². The molecular weight excluding hydrogens is 326 g/mol. The molecule has 1 heterocycles. The van der Waals surface area contributed by atoms with E-state index in [9.17, 15) is 10.1 Å². The van der Waals surface area contributed by atoms with Crippen molar-refractivity contribution < 1.29 is 9.53 Å². The summed E-state index contributed by atoms with van der Waals surface area (Å²) in [5.41, 5.74) is 2.70. The molecule has 0 spiro atoms. The first-order valence-electron chi connectivity index (χ1n) is 8.22. The van der Waals surface area contributed by atoms with Gasteiger partial charge in [-0.15, -0.1) is 0 Å². The third kappa shape index (κ3) is 3.70. The van der Waals surface area contributed by atoms with Gasteiger partial charge in [0.25, 0.3) is 0 Å². The van der Waals surface area contributed by atoms with Gasteiger partial charge in [-0.05, 0) is 13.0 Å². The number of nitriles is 1. The fraction of sp³-hybridized carbons (Fsp3) is 0.0952. The van der Waals surface area contributed by atoms with Crippen LogP contribution in [0.25, 0.3) is 5.70 Å². The van der Waals surface area contributed by atoms with Crippen LogP contribution in [0, 0.1) is 11.3 Å². The van der Waals surface area contributed by atoms with Crippen molar-refractivity contribution >= 4 is 17.5 Å². The Balaban J connectivity index is 2.13. The number of nitrogens with one attached hydrogen (secondary N) is 1. The average molecular weight is 343 g/mol. The van der Waals surface area contributed by atoms with Gasteiger partial charge in [0.05, 0.1) is 18.0 Å². The number of carbonyl (C=O) groups is 1. The van der Waals surface area contributed by atoms with Gasteiger partial charge >= 0.3 is 5.97 Å². The molecule has 1 aliphatic heterocycles. The molecular formula is C21H17N3O2. The number of aliphatic imine (C=N–C) groups is 1. The van der Waals surface area contributed by atoms with Crippen LogP contribution >= 0.6 is 0 Å². The minimum atomic E-state index is -0.657. The van der Waals surface area contributed by atoms with Crippen LogP contribution in [-0.2, 0) is 9.53 Å². The Morgan fingerprint density at radius 1 is 1.08 bits per heavy atom. The zero-order chi connectivity index (χ0) is 18.4. The largest absolute Gasteiger partial charge is 0.462 e. The van der Waals surface area contributed by atoms with Crippen LogP contribution < -0.4 is 5.32 Å². The molecule has 1 aliphatic rings. The summed E-state index contributed by atoms with van der Waals surface area (Å²) >= 11 is 0. The topological polar surface area (TPSA) is 74.5 Å². The van der Waals surface area contributed by atoms with Gasteiger partial charge < -0.3 is 10.1 Å². The summed E-state index contributed by atoms with van der Waals surface area (Å²) in [5.74, 6) is -0.0884. The molecule has 0 unspecified atom stereocenters. The number of hydrogen-bond acceptors (Lipinski definition) is 5. The van der Waals surface area contributed by atoms with Crippen LogP contribution in [0.1, 0.15) is 18.1 Å². The average Bonchev–Trinajstić information content (AvgIpc) is 2.70. The molecule has 0 bridgehead atoms. The molecule has 0 atom stereocenters. The van der Waals surface area contributed by atoms with Crippen molar-refractivity contribution in [3.8, 4) is 6.07 Å². The van der Waals surface area contributed by atoms with Gasteiger partial charge in [0.1, 0.15) is 11.9 Å². The van der Waals surface area contributed by atoms with Gasteiger partial charge in [-0.2, -0.15) is 5.26 Å². The maximum absolute atomic E-state index is 12.1. The van der Waals surface area contributed by atoms with Crippen molar-refractivity contribution in [3.05, 3.63) is 89.1 Å². The number of carbonyl (C=O) groups excluding carboxylic acids is 1. The molecule has 1 N–H and O–H groups in total. The molecule has 0 aliphatic carbocycles. The fourth-order valence-electron chi connectivity index (χ4n) is 2.52. The lowest BCUT2D eigenvalue weighted by atomic mass is 10.1. The van der Waals surface area contributed by atoms with Gasteiger partial charge in [-0.25, -0.2) is 9.79 Å². The van der Waals surface area contributed by atoms with E-state index in [-0.39, 0.29) is 12.2 Å². The molecule has 0 saturated carbocycles. The summed E-state index contributed by atoms with van der Waals surface area (Å²) in [4.78, 5) is 16.8. The molecule has 0 fully saturated rings. The zero-order valence-electron chi connectivity index (χ0n) is 14.3. The number of amidine groups is 1. The molecule has 2 aromatic rings. The maximum atomic E-state index is 12.1. The lowest BCUT2D eigenvalue weighted by Crippen LogP contribution is -2.28. The Morgan fingerprint density at radius 2 is 1.69 bits per heavy atom. The quantitative estimate of drug-likeness (QED) is 0.524. The van der Waals surface area contributed by atoms with Crippen molar-refractivity contribution in [1.82, 2.24) is 5.32 Å². The highest BCUT2D eigenvalue weighted by Crippen LogP contribution is 2.24. The Morgan fingerprint density at radius 3 is 2.27 bits per heavy atom. The monoisotopic (exact) mass is 343 g/mol. The second-order valence-electron chi connectivity index (χ2n) is 5.47. The van der Waals surface area contributed by atoms with Crippen LogP contribution in [-0.4, -0.2) is 18.4 Å². The molecule has 0 amide bonds. The number of allylic oxidation sites excluding steroid dienone is 1. The van der Waals surface area contributed by atoms with Crippen LogP contribution in [0.2, 0.25) is 0 Å². The van der Waals surface area contributed by atoms with E-state index in [1.54, 1.807) is 13.0 Å². The highest BCUT2D eigenvalue weighted by atomic mass is 16.5. The minimum absolute atomic E-state index is 0.0800. The fourth-order valence-corrected chi connectivity index (χ4v) is 2.52. The molecule has 26 heavy (non-hydrogen) atoms. The van der Waals surface area contributed by atoms with E-state index >= 15 is 0 Å². The number of hydrogen-bond donors (Lipinski definition) is 1. The third-order valence-electron chi connectivity index (χ3n) is 3.74. The van der Waals surface area contributed by atoms with Crippen molar-refractivity contribution in [2.75, 3.05) is 6.61 Å². The highest BCUT2D eigenvalue weighted by molar-refractivity contribution is 6.06. The normalized spacial score (nSPS) is 15.1. The Hall–Kier alpha value is -3.65. The van der Waals surface area contributed by atoms with E-state index in [4.69, 9.17) is 4.74 Å². The predicted octanol–water partition coefficient (Wildman–Crippen LogP) is 3.42. The van der Waals surface area contributed by atoms with E-state index in [0.29, 0.717) is 17.2 Å². The second kappa shape index (κ2) is 7.95. The molecule has 0 aromatic heterocycles. The minimum Gasteiger partial charge on any atom is -0.462 e. The first-order chi connectivity index (χ1) is 12.7. The standard InChI is InChI=1S/C21H17N3O2/c1-2-26-21(25)17(14-22)19-13-18(15-9-5-3-6-10-15)23-20(24-19)16-11-7-4-8-12-16/h3-13H,2H2,1H3,(H,23,24)/b19-17-. The van der Waals surface area contributed by atoms with Gasteiger partial charge in [-0.1, -0.05) is 60.7 Å². The van der Waals surface area contributed by atoms with E-state index in [1.807, 2.05) is 66.7 Å². The van der Waals surface area contributed by atoms with Gasteiger partial charge in [0.2, 0.25) is 0 Å². The highest BCUT2D eigenvalue weighted by Gasteiger charge is 2.21. The third-order valence-corrected chi connectivity index (χ3v) is 3.74. The summed E-state index contributed by atoms with van der Waals surface area (Å²) < 4.78 is 5.00. The van der Waals surface area contributed by atoms with Crippen molar-refractivity contribution in [1.29, 1.82) is 5.26 Å². The van der Waals surface area contributed by atoms with Crippen molar-refractivity contribution in [2.24, 2.45) is 4.99 Å². The molecule has 2 aromatic carbocycles. The Labute approximate surface area is 152 Å². The number of nitrogens with zero attached hydrogens (tertiary/aromatic N) is 2. The molecule has 0 saturated heterocycles. The number of benzene rings is 2. The molecule has 5 nitrogen and oxygen atoms in total. The molecule has 5 heteroatoms. The summed E-state index contributed by atoms with van der Waals surface area (Å²) in [6.07, 6.45) is 1.69. The van der Waals surface area contributed by atoms with Crippen LogP contribution in [0.4, 0.5) is 0 Å². The van der Waals surface area contributed by atoms with Crippen LogP contribution in [0.3, 0.4) is 0 Å². The summed E-state index contributed by atoms with van der Waals surface area (Å²) in [7, 11) is 0. The van der Waals surface area contributed by atoms with Crippen LogP contribution in [0.15, 0.2) is 83.0 Å². The Bertz CT molecular complexity index is 936. The summed E-state index contributed by atoms with van der Waals surface area (Å²) in [6.45, 7) is 1.90. The predicted molar refractivity (Wildman–Crippen MR) is 99.8 cm³/mol. The van der Waals surface area contributed by atoms with E-state index in [2.05, 4.69) is 10.3 Å². The molecule has 128 valence electrons. The lowest BCUT2D eigenvalue weighted by molar-refractivity contribution is -0.138. The van der Waals surface area contributed by atoms with Crippen LogP contribution in [0.5, 0.6) is 0 Å². The van der Waals surface area contributed by atoms with E-state index in [0.717, 1.165) is 11.1 Å². The Kier molecular flexibility index (Phi) is 5.25. The van der Waals surface area contributed by atoms with E-state index < -0.39 is 5.97 Å². The summed E-state index contributed by atoms with van der Waals surface area (Å²) in [6, 6.07) is 21.1. The number of esters is 1. The molecule has 3 rings (SSSR count). The summed E-state index contributed by atoms with van der Waals surface area (Å²) in [5, 5.41) is 12.6. The van der Waals surface area contributed by atoms with Gasteiger partial charge in [-0.3, -0.25) is 0 Å². The maximum Gasteiger partial charge on any atom is 0.351 e. The lowest BCUT2D eigenvalue weighted by Gasteiger charge is -2.19. The van der Waals surface area contributed by atoms with Crippen molar-refractivity contribution in [2.45, 2.75) is 6.92 Å². The number of ether oxygens (including phenoxy) is 1. The van der Waals surface area contributed by atoms with Gasteiger partial charge in [0.15, 0.2) is 5.57 Å². The number of rotatable bonds is 4. The molecule has 0 radical (unpaired) electrons. The smallest absolute Gasteiger partial charge is 0.351 e. The van der Waals surface area contributed by atoms with Gasteiger partial charge in [0, 0.05) is 11.1 Å².